The summed E-state index contributed by atoms with van der Waals surface area (Å²) in [6.07, 6.45) is 1.66. The van der Waals surface area contributed by atoms with Crippen molar-refractivity contribution >= 4 is 28.2 Å². The van der Waals surface area contributed by atoms with E-state index in [0.29, 0.717) is 22.2 Å². The van der Waals surface area contributed by atoms with Crippen LogP contribution in [0.15, 0.2) is 54.7 Å². The lowest BCUT2D eigenvalue weighted by molar-refractivity contribution is 0.484. The van der Waals surface area contributed by atoms with Gasteiger partial charge in [-0.3, -0.25) is 4.98 Å². The fourth-order valence-electron chi connectivity index (χ4n) is 1.86. The van der Waals surface area contributed by atoms with Crippen molar-refractivity contribution in [2.24, 2.45) is 0 Å². The molecule has 19 heavy (non-hydrogen) atoms. The van der Waals surface area contributed by atoms with Gasteiger partial charge in [0.2, 0.25) is 0 Å². The van der Waals surface area contributed by atoms with E-state index in [0.717, 1.165) is 10.9 Å². The van der Waals surface area contributed by atoms with Gasteiger partial charge in [0, 0.05) is 5.39 Å². The van der Waals surface area contributed by atoms with Gasteiger partial charge in [0.15, 0.2) is 5.75 Å². The number of nitrogen functional groups attached to an aromatic ring is 1. The number of aromatic nitrogens is 1. The number of nitrogens with zero attached hydrogens (tertiary/aromatic N) is 1. The summed E-state index contributed by atoms with van der Waals surface area (Å²) in [4.78, 5) is 4.33. The zero-order valence-corrected chi connectivity index (χ0v) is 10.8. The SMILES string of the molecule is Nc1cccc(Cl)c1Oc1cnc2ccccc2c1. The van der Waals surface area contributed by atoms with Crippen molar-refractivity contribution in [1.82, 2.24) is 4.98 Å². The molecule has 0 aliphatic carbocycles. The van der Waals surface area contributed by atoms with E-state index in [1.807, 2.05) is 30.3 Å². The highest BCUT2D eigenvalue weighted by Crippen LogP contribution is 2.34. The molecule has 0 saturated carbocycles. The molecule has 94 valence electrons. The minimum absolute atomic E-state index is 0.459. The van der Waals surface area contributed by atoms with Crippen LogP contribution in [-0.4, -0.2) is 4.98 Å². The van der Waals surface area contributed by atoms with Crippen molar-refractivity contribution in [1.29, 1.82) is 0 Å². The highest BCUT2D eigenvalue weighted by molar-refractivity contribution is 6.32. The Kier molecular flexibility index (Phi) is 2.97. The molecule has 0 aliphatic heterocycles. The lowest BCUT2D eigenvalue weighted by Crippen LogP contribution is -1.93. The van der Waals surface area contributed by atoms with Gasteiger partial charge in [-0.15, -0.1) is 0 Å². The number of hydrogen-bond acceptors (Lipinski definition) is 3. The van der Waals surface area contributed by atoms with Crippen molar-refractivity contribution in [3.63, 3.8) is 0 Å². The smallest absolute Gasteiger partial charge is 0.168 e. The Balaban J connectivity index is 2.01. The first-order chi connectivity index (χ1) is 9.24. The molecule has 3 nitrogen and oxygen atoms in total. The molecule has 0 bridgehead atoms. The van der Waals surface area contributed by atoms with Crippen LogP contribution in [0, 0.1) is 0 Å². The third-order valence-electron chi connectivity index (χ3n) is 2.78. The number of para-hydroxylation sites is 2. The van der Waals surface area contributed by atoms with Crippen molar-refractivity contribution < 1.29 is 4.74 Å². The van der Waals surface area contributed by atoms with Crippen LogP contribution in [-0.2, 0) is 0 Å². The molecule has 0 aliphatic rings. The Bertz CT molecular complexity index is 723. The molecule has 2 N–H and O–H groups in total. The molecule has 3 rings (SSSR count). The second kappa shape index (κ2) is 4.78. The van der Waals surface area contributed by atoms with E-state index in [4.69, 9.17) is 22.1 Å². The van der Waals surface area contributed by atoms with Gasteiger partial charge in [0.05, 0.1) is 22.4 Å². The molecule has 1 heterocycles. The standard InChI is InChI=1S/C15H11ClN2O/c16-12-5-3-6-13(17)15(12)19-11-8-10-4-1-2-7-14(10)18-9-11/h1-9H,17H2. The van der Waals surface area contributed by atoms with Crippen molar-refractivity contribution in [3.05, 3.63) is 59.8 Å². The Morgan fingerprint density at radius 3 is 2.74 bits per heavy atom. The summed E-state index contributed by atoms with van der Waals surface area (Å²) in [5.41, 5.74) is 7.27. The summed E-state index contributed by atoms with van der Waals surface area (Å²) in [6.45, 7) is 0. The van der Waals surface area contributed by atoms with Gasteiger partial charge in [-0.1, -0.05) is 35.9 Å². The van der Waals surface area contributed by atoms with Crippen molar-refractivity contribution in [2.45, 2.75) is 0 Å². The van der Waals surface area contributed by atoms with Crippen LogP contribution in [0.3, 0.4) is 0 Å². The molecular weight excluding hydrogens is 260 g/mol. The van der Waals surface area contributed by atoms with Gasteiger partial charge in [-0.05, 0) is 24.3 Å². The molecule has 0 saturated heterocycles. The Morgan fingerprint density at radius 1 is 1.05 bits per heavy atom. The van der Waals surface area contributed by atoms with E-state index in [1.165, 1.54) is 0 Å². The summed E-state index contributed by atoms with van der Waals surface area (Å²) < 4.78 is 5.73. The molecule has 0 unspecified atom stereocenters. The first-order valence-electron chi connectivity index (χ1n) is 5.81. The van der Waals surface area contributed by atoms with Gasteiger partial charge in [-0.25, -0.2) is 0 Å². The Morgan fingerprint density at radius 2 is 1.89 bits per heavy atom. The maximum atomic E-state index is 6.07. The number of ether oxygens (including phenoxy) is 1. The highest BCUT2D eigenvalue weighted by atomic mass is 35.5. The minimum atomic E-state index is 0.459. The van der Waals surface area contributed by atoms with E-state index in [2.05, 4.69) is 4.98 Å². The molecule has 3 aromatic rings. The third kappa shape index (κ3) is 2.33. The number of benzene rings is 2. The maximum Gasteiger partial charge on any atom is 0.168 e. The zero-order valence-electron chi connectivity index (χ0n) is 10.0. The molecule has 0 fully saturated rings. The molecule has 4 heteroatoms. The van der Waals surface area contributed by atoms with Crippen molar-refractivity contribution in [2.75, 3.05) is 5.73 Å². The van der Waals surface area contributed by atoms with Gasteiger partial charge in [0.1, 0.15) is 5.75 Å². The molecule has 2 aromatic carbocycles. The highest BCUT2D eigenvalue weighted by Gasteiger charge is 2.07. The molecule has 0 radical (unpaired) electrons. The molecule has 0 atom stereocenters. The fourth-order valence-corrected chi connectivity index (χ4v) is 2.08. The topological polar surface area (TPSA) is 48.1 Å². The van der Waals surface area contributed by atoms with E-state index in [1.54, 1.807) is 24.4 Å². The summed E-state index contributed by atoms with van der Waals surface area (Å²) in [6, 6.07) is 15.0. The third-order valence-corrected chi connectivity index (χ3v) is 3.08. The number of pyridine rings is 1. The quantitative estimate of drug-likeness (QED) is 0.708. The monoisotopic (exact) mass is 270 g/mol. The molecule has 0 spiro atoms. The molecule has 1 aromatic heterocycles. The Labute approximate surface area is 115 Å². The number of nitrogens with two attached hydrogens (primary N) is 1. The summed E-state index contributed by atoms with van der Waals surface area (Å²) in [5, 5.41) is 1.48. The van der Waals surface area contributed by atoms with E-state index in [9.17, 15) is 0 Å². The van der Waals surface area contributed by atoms with E-state index < -0.39 is 0 Å². The van der Waals surface area contributed by atoms with Crippen LogP contribution >= 0.6 is 11.6 Å². The maximum absolute atomic E-state index is 6.07. The van der Waals surface area contributed by atoms with Gasteiger partial charge in [-0.2, -0.15) is 0 Å². The zero-order chi connectivity index (χ0) is 13.2. The number of halogens is 1. The van der Waals surface area contributed by atoms with Crippen LogP contribution in [0.5, 0.6) is 11.5 Å². The lowest BCUT2D eigenvalue weighted by Gasteiger charge is -2.10. The first-order valence-corrected chi connectivity index (χ1v) is 6.18. The van der Waals surface area contributed by atoms with Crippen LogP contribution in [0.2, 0.25) is 5.02 Å². The fraction of sp³-hybridized carbons (Fsp3) is 0. The molecule has 0 amide bonds. The normalized spacial score (nSPS) is 10.6. The molecular formula is C15H11ClN2O. The Hall–Kier alpha value is -2.26. The van der Waals surface area contributed by atoms with Gasteiger partial charge < -0.3 is 10.5 Å². The lowest BCUT2D eigenvalue weighted by atomic mass is 10.2. The van der Waals surface area contributed by atoms with Crippen molar-refractivity contribution in [3.8, 4) is 11.5 Å². The predicted octanol–water partition coefficient (Wildman–Crippen LogP) is 4.26. The van der Waals surface area contributed by atoms with E-state index in [-0.39, 0.29) is 0 Å². The summed E-state index contributed by atoms with van der Waals surface area (Å²) >= 11 is 6.07. The second-order valence-corrected chi connectivity index (χ2v) is 4.53. The predicted molar refractivity (Wildman–Crippen MR) is 77.7 cm³/mol. The average Bonchev–Trinajstić information content (AvgIpc) is 2.43. The first kappa shape index (κ1) is 11.8. The van der Waals surface area contributed by atoms with E-state index >= 15 is 0 Å². The number of fused-ring (bicyclic) bond motifs is 1. The van der Waals surface area contributed by atoms with Gasteiger partial charge in [0.25, 0.3) is 0 Å². The van der Waals surface area contributed by atoms with Crippen LogP contribution < -0.4 is 10.5 Å². The number of anilines is 1. The van der Waals surface area contributed by atoms with Gasteiger partial charge >= 0.3 is 0 Å². The van der Waals surface area contributed by atoms with Crippen LogP contribution in [0.1, 0.15) is 0 Å². The summed E-state index contributed by atoms with van der Waals surface area (Å²) in [7, 11) is 0. The largest absolute Gasteiger partial charge is 0.452 e. The number of rotatable bonds is 2. The average molecular weight is 271 g/mol. The van der Waals surface area contributed by atoms with Crippen LogP contribution in [0.25, 0.3) is 10.9 Å². The van der Waals surface area contributed by atoms with Crippen LogP contribution in [0.4, 0.5) is 5.69 Å². The second-order valence-electron chi connectivity index (χ2n) is 4.12. The summed E-state index contributed by atoms with van der Waals surface area (Å²) in [5.74, 6) is 1.07. The number of hydrogen-bond donors (Lipinski definition) is 1. The minimum Gasteiger partial charge on any atom is -0.452 e.